The molecule has 1 aliphatic rings. The van der Waals surface area contributed by atoms with Crippen LogP contribution in [0.15, 0.2) is 144 Å². The lowest BCUT2D eigenvalue weighted by atomic mass is 9.87. The van der Waals surface area contributed by atoms with Gasteiger partial charge in [-0.05, 0) is 59.3 Å². The second-order valence-corrected chi connectivity index (χ2v) is 12.2. The molecule has 0 radical (unpaired) electrons. The van der Waals surface area contributed by atoms with Gasteiger partial charge in [0.2, 0.25) is 0 Å². The standard InChI is InChI=1S/C43H27N3O/c1-25-11-2-3-12-26(25)29-17-9-18-30-27-15-8-16-28-31(23-24-36(39(27)28)44-41(29)30)43-45-35-20-6-4-13-32(35)42(46-43)34-19-10-22-38-40(34)33-14-5-7-21-37(33)47-38/h2-24,44H,1H3. The number of hydrogen-bond donors (Lipinski definition) is 1. The number of rotatable bonds is 3. The third-order valence-corrected chi connectivity index (χ3v) is 9.59. The highest BCUT2D eigenvalue weighted by Gasteiger charge is 2.24. The van der Waals surface area contributed by atoms with Gasteiger partial charge in [-0.2, -0.15) is 0 Å². The largest absolute Gasteiger partial charge is 0.456 e. The van der Waals surface area contributed by atoms with Crippen molar-refractivity contribution in [2.75, 3.05) is 5.32 Å². The Kier molecular flexibility index (Phi) is 5.46. The summed E-state index contributed by atoms with van der Waals surface area (Å²) in [5, 5.41) is 9.29. The van der Waals surface area contributed by atoms with Crippen LogP contribution in [-0.4, -0.2) is 9.97 Å². The van der Waals surface area contributed by atoms with E-state index in [0.717, 1.165) is 66.4 Å². The SMILES string of the molecule is Cc1ccccc1-c1cccc2c1Nc1ccc(-c3nc(-c4cccc5oc6ccccc6c45)c4ccccc4n3)c3cccc-2c13. The number of fused-ring (bicyclic) bond motifs is 6. The normalized spacial score (nSPS) is 12.1. The molecule has 0 aliphatic carbocycles. The van der Waals surface area contributed by atoms with Crippen LogP contribution in [0.2, 0.25) is 0 Å². The first-order chi connectivity index (χ1) is 23.2. The minimum absolute atomic E-state index is 0.701. The summed E-state index contributed by atoms with van der Waals surface area (Å²) in [4.78, 5) is 10.5. The third kappa shape index (κ3) is 3.82. The van der Waals surface area contributed by atoms with Gasteiger partial charge < -0.3 is 9.73 Å². The predicted octanol–water partition coefficient (Wildman–Crippen LogP) is 11.7. The number of para-hydroxylation sites is 3. The average Bonchev–Trinajstić information content (AvgIpc) is 3.51. The van der Waals surface area contributed by atoms with Crippen LogP contribution in [0.1, 0.15) is 5.56 Å². The molecule has 10 rings (SSSR count). The Bertz CT molecular complexity index is 2740. The maximum atomic E-state index is 6.27. The maximum absolute atomic E-state index is 6.27. The number of nitrogens with one attached hydrogen (secondary N) is 1. The number of anilines is 2. The number of hydrogen-bond acceptors (Lipinski definition) is 4. The highest BCUT2D eigenvalue weighted by molar-refractivity contribution is 6.18. The van der Waals surface area contributed by atoms with E-state index in [0.29, 0.717) is 5.82 Å². The van der Waals surface area contributed by atoms with Gasteiger partial charge in [0.05, 0.1) is 16.9 Å². The second kappa shape index (κ2) is 9.87. The Balaban J connectivity index is 1.21. The van der Waals surface area contributed by atoms with E-state index in [2.05, 4.69) is 121 Å². The Morgan fingerprint density at radius 3 is 2.04 bits per heavy atom. The Labute approximate surface area is 271 Å². The number of nitrogens with zero attached hydrogens (tertiary/aromatic N) is 2. The van der Waals surface area contributed by atoms with Crippen molar-refractivity contribution in [3.63, 3.8) is 0 Å². The van der Waals surface area contributed by atoms with Gasteiger partial charge >= 0.3 is 0 Å². The first-order valence-corrected chi connectivity index (χ1v) is 15.9. The molecule has 0 saturated heterocycles. The van der Waals surface area contributed by atoms with Crippen molar-refractivity contribution in [1.29, 1.82) is 0 Å². The highest BCUT2D eigenvalue weighted by Crippen LogP contribution is 2.49. The summed E-state index contributed by atoms with van der Waals surface area (Å²) in [6.07, 6.45) is 0. The van der Waals surface area contributed by atoms with Gasteiger partial charge in [0.15, 0.2) is 5.82 Å². The number of benzene rings is 7. The smallest absolute Gasteiger partial charge is 0.161 e. The lowest BCUT2D eigenvalue weighted by Gasteiger charge is -2.26. The summed E-state index contributed by atoms with van der Waals surface area (Å²) in [7, 11) is 0. The van der Waals surface area contributed by atoms with E-state index in [1.165, 1.54) is 33.2 Å². The van der Waals surface area contributed by atoms with E-state index < -0.39 is 0 Å². The highest BCUT2D eigenvalue weighted by atomic mass is 16.3. The van der Waals surface area contributed by atoms with Crippen LogP contribution in [0.4, 0.5) is 11.4 Å². The maximum Gasteiger partial charge on any atom is 0.161 e. The predicted molar refractivity (Wildman–Crippen MR) is 194 cm³/mol. The fraction of sp³-hybridized carbons (Fsp3) is 0.0233. The second-order valence-electron chi connectivity index (χ2n) is 12.2. The lowest BCUT2D eigenvalue weighted by Crippen LogP contribution is -2.04. The Morgan fingerprint density at radius 2 is 1.13 bits per heavy atom. The molecule has 7 aromatic carbocycles. The molecule has 0 unspecified atom stereocenters. The average molecular weight is 602 g/mol. The zero-order valence-electron chi connectivity index (χ0n) is 25.6. The molecular formula is C43H27N3O. The van der Waals surface area contributed by atoms with Crippen molar-refractivity contribution < 1.29 is 4.42 Å². The van der Waals surface area contributed by atoms with E-state index in [9.17, 15) is 0 Å². The third-order valence-electron chi connectivity index (χ3n) is 9.59. The summed E-state index contributed by atoms with van der Waals surface area (Å²) < 4.78 is 6.27. The summed E-state index contributed by atoms with van der Waals surface area (Å²) in [5.41, 5.74) is 13.9. The molecular weight excluding hydrogens is 574 g/mol. The first-order valence-electron chi connectivity index (χ1n) is 15.9. The van der Waals surface area contributed by atoms with E-state index >= 15 is 0 Å². The molecule has 0 spiro atoms. The molecule has 220 valence electrons. The van der Waals surface area contributed by atoms with Crippen LogP contribution >= 0.6 is 0 Å². The van der Waals surface area contributed by atoms with Gasteiger partial charge in [0.25, 0.3) is 0 Å². The molecule has 9 aromatic rings. The first kappa shape index (κ1) is 26.0. The van der Waals surface area contributed by atoms with Crippen molar-refractivity contribution in [2.45, 2.75) is 6.92 Å². The number of aromatic nitrogens is 2. The molecule has 0 fully saturated rings. The molecule has 0 amide bonds. The number of aryl methyl sites for hydroxylation is 1. The Hall–Kier alpha value is -6.26. The van der Waals surface area contributed by atoms with Crippen LogP contribution in [0.3, 0.4) is 0 Å². The lowest BCUT2D eigenvalue weighted by molar-refractivity contribution is 0.669. The molecule has 0 bridgehead atoms. The fourth-order valence-electron chi connectivity index (χ4n) is 7.45. The van der Waals surface area contributed by atoms with Gasteiger partial charge in [0.1, 0.15) is 11.2 Å². The van der Waals surface area contributed by atoms with Gasteiger partial charge in [-0.3, -0.25) is 0 Å². The Morgan fingerprint density at radius 1 is 0.468 bits per heavy atom. The monoisotopic (exact) mass is 601 g/mol. The van der Waals surface area contributed by atoms with Gasteiger partial charge in [-0.1, -0.05) is 109 Å². The van der Waals surface area contributed by atoms with Crippen LogP contribution < -0.4 is 5.32 Å². The van der Waals surface area contributed by atoms with E-state index in [1.807, 2.05) is 30.3 Å². The van der Waals surface area contributed by atoms with Gasteiger partial charge in [0, 0.05) is 49.5 Å². The summed E-state index contributed by atoms with van der Waals surface area (Å²) >= 11 is 0. The molecule has 3 heterocycles. The summed E-state index contributed by atoms with van der Waals surface area (Å²) in [6, 6.07) is 48.8. The van der Waals surface area contributed by atoms with E-state index in [4.69, 9.17) is 14.4 Å². The fourth-order valence-corrected chi connectivity index (χ4v) is 7.45. The van der Waals surface area contributed by atoms with Crippen molar-refractivity contribution >= 4 is 55.0 Å². The minimum Gasteiger partial charge on any atom is -0.456 e. The van der Waals surface area contributed by atoms with E-state index in [-0.39, 0.29) is 0 Å². The molecule has 1 N–H and O–H groups in total. The molecule has 0 saturated carbocycles. The molecule has 0 atom stereocenters. The van der Waals surface area contributed by atoms with Crippen LogP contribution in [-0.2, 0) is 0 Å². The zero-order chi connectivity index (χ0) is 31.1. The quantitative estimate of drug-likeness (QED) is 0.219. The van der Waals surface area contributed by atoms with Crippen LogP contribution in [0, 0.1) is 6.92 Å². The molecule has 4 nitrogen and oxygen atoms in total. The zero-order valence-corrected chi connectivity index (χ0v) is 25.6. The summed E-state index contributed by atoms with van der Waals surface area (Å²) in [6.45, 7) is 2.17. The minimum atomic E-state index is 0.701. The van der Waals surface area contributed by atoms with Crippen LogP contribution in [0.5, 0.6) is 0 Å². The molecule has 47 heavy (non-hydrogen) atoms. The van der Waals surface area contributed by atoms with Crippen molar-refractivity contribution in [3.05, 3.63) is 145 Å². The molecule has 1 aliphatic heterocycles. The van der Waals surface area contributed by atoms with Crippen molar-refractivity contribution in [2.24, 2.45) is 0 Å². The van der Waals surface area contributed by atoms with Crippen molar-refractivity contribution in [3.8, 4) is 44.9 Å². The summed E-state index contributed by atoms with van der Waals surface area (Å²) in [5.74, 6) is 0.701. The van der Waals surface area contributed by atoms with Crippen molar-refractivity contribution in [1.82, 2.24) is 9.97 Å². The van der Waals surface area contributed by atoms with Crippen LogP contribution in [0.25, 0.3) is 88.5 Å². The molecule has 2 aromatic heterocycles. The van der Waals surface area contributed by atoms with Gasteiger partial charge in [-0.25, -0.2) is 9.97 Å². The van der Waals surface area contributed by atoms with Gasteiger partial charge in [-0.15, -0.1) is 0 Å². The molecule has 4 heteroatoms. The number of furan rings is 1. The topological polar surface area (TPSA) is 51.0 Å². The van der Waals surface area contributed by atoms with E-state index in [1.54, 1.807) is 0 Å².